The van der Waals surface area contributed by atoms with Gasteiger partial charge in [0.05, 0.1) is 0 Å². The van der Waals surface area contributed by atoms with Crippen LogP contribution < -0.4 is 10.6 Å². The lowest BCUT2D eigenvalue weighted by Gasteiger charge is -2.51. The van der Waals surface area contributed by atoms with E-state index in [1.807, 2.05) is 0 Å². The third kappa shape index (κ3) is 7.48. The molecular formula is C30H50N4O8. The van der Waals surface area contributed by atoms with Crippen molar-refractivity contribution in [2.75, 3.05) is 39.3 Å². The number of amides is 2. The lowest BCUT2D eigenvalue weighted by Crippen LogP contribution is -2.63. The summed E-state index contributed by atoms with van der Waals surface area (Å²) >= 11 is 0. The van der Waals surface area contributed by atoms with Gasteiger partial charge >= 0.3 is 24.1 Å². The molecule has 0 aliphatic carbocycles. The van der Waals surface area contributed by atoms with Crippen molar-refractivity contribution in [3.63, 3.8) is 0 Å². The van der Waals surface area contributed by atoms with Crippen LogP contribution in [0, 0.1) is 10.8 Å². The normalized spacial score (nSPS) is 30.5. The summed E-state index contributed by atoms with van der Waals surface area (Å²) in [7, 11) is 0. The zero-order valence-corrected chi connectivity index (χ0v) is 26.2. The van der Waals surface area contributed by atoms with Gasteiger partial charge in [0.25, 0.3) is 0 Å². The largest absolute Gasteiger partial charge is 0.444 e. The van der Waals surface area contributed by atoms with Gasteiger partial charge in [0.2, 0.25) is 0 Å². The highest BCUT2D eigenvalue weighted by Crippen LogP contribution is 2.44. The predicted molar refractivity (Wildman–Crippen MR) is 153 cm³/mol. The van der Waals surface area contributed by atoms with Crippen LogP contribution in [0.3, 0.4) is 0 Å². The lowest BCUT2D eigenvalue weighted by molar-refractivity contribution is -0.207. The van der Waals surface area contributed by atoms with Gasteiger partial charge in [-0.2, -0.15) is 0 Å². The van der Waals surface area contributed by atoms with Crippen LogP contribution in [-0.4, -0.2) is 96.9 Å². The van der Waals surface area contributed by atoms with E-state index in [4.69, 9.17) is 18.9 Å². The first kappa shape index (κ1) is 32.3. The van der Waals surface area contributed by atoms with E-state index in [2.05, 4.69) is 10.6 Å². The fourth-order valence-corrected chi connectivity index (χ4v) is 6.87. The van der Waals surface area contributed by atoms with Gasteiger partial charge in [-0.25, -0.2) is 19.2 Å². The van der Waals surface area contributed by atoms with E-state index in [0.29, 0.717) is 26.2 Å². The standard InChI is InChI=1S/C30H50N4O8/c1-27(2,3)41-25(37)33-17-9-13-29(11-7-15-31-19-29)23(33)39-21(35)22(36)40-24-30(12-8-16-32-20-30)14-10-18-34(24)26(38)42-28(4,5)6/h23-24,31-32H,7-20H2,1-6H3. The number of rotatable bonds is 2. The number of hydrogen-bond acceptors (Lipinski definition) is 10. The highest BCUT2D eigenvalue weighted by atomic mass is 16.6. The molecule has 12 nitrogen and oxygen atoms in total. The quantitative estimate of drug-likeness (QED) is 0.278. The van der Waals surface area contributed by atoms with Crippen LogP contribution in [0.4, 0.5) is 9.59 Å². The Morgan fingerprint density at radius 2 is 0.976 bits per heavy atom. The molecule has 0 aromatic heterocycles. The molecule has 12 heteroatoms. The van der Waals surface area contributed by atoms with Crippen LogP contribution in [0.1, 0.15) is 92.9 Å². The maximum absolute atomic E-state index is 13.5. The van der Waals surface area contributed by atoms with Crippen LogP contribution >= 0.6 is 0 Å². The zero-order valence-electron chi connectivity index (χ0n) is 26.2. The zero-order chi connectivity index (χ0) is 30.8. The molecule has 0 aromatic rings. The molecule has 238 valence electrons. The second-order valence-electron chi connectivity index (χ2n) is 14.4. The van der Waals surface area contributed by atoms with Crippen molar-refractivity contribution < 1.29 is 38.1 Å². The van der Waals surface area contributed by atoms with E-state index in [0.717, 1.165) is 64.5 Å². The Bertz CT molecular complexity index is 917. The number of piperidine rings is 4. The molecule has 4 heterocycles. The summed E-state index contributed by atoms with van der Waals surface area (Å²) in [6, 6.07) is 0. The summed E-state index contributed by atoms with van der Waals surface area (Å²) in [5.74, 6) is -2.37. The molecule has 0 aromatic carbocycles. The number of hydrogen-bond donors (Lipinski definition) is 2. The van der Waals surface area contributed by atoms with E-state index in [1.54, 1.807) is 41.5 Å². The molecule has 4 aliphatic rings. The summed E-state index contributed by atoms with van der Waals surface area (Å²) in [4.78, 5) is 56.4. The highest BCUT2D eigenvalue weighted by molar-refractivity contribution is 6.29. The number of esters is 2. The van der Waals surface area contributed by atoms with Gasteiger partial charge < -0.3 is 29.6 Å². The molecule has 42 heavy (non-hydrogen) atoms. The first-order chi connectivity index (χ1) is 19.6. The summed E-state index contributed by atoms with van der Waals surface area (Å²) < 4.78 is 23.1. The number of carbonyl (C=O) groups excluding carboxylic acids is 4. The average molecular weight is 595 g/mol. The Hall–Kier alpha value is -2.60. The minimum atomic E-state index is -1.19. The molecule has 4 fully saturated rings. The minimum absolute atomic E-state index is 0.341. The molecule has 2 amide bonds. The summed E-state index contributed by atoms with van der Waals surface area (Å²) in [6.45, 7) is 14.1. The minimum Gasteiger partial charge on any atom is -0.444 e. The predicted octanol–water partition coefficient (Wildman–Crippen LogP) is 3.53. The molecule has 2 spiro atoms. The molecule has 4 saturated heterocycles. The van der Waals surface area contributed by atoms with Crippen molar-refractivity contribution in [2.45, 2.75) is 117 Å². The average Bonchev–Trinajstić information content (AvgIpc) is 2.90. The van der Waals surface area contributed by atoms with E-state index in [-0.39, 0.29) is 0 Å². The van der Waals surface area contributed by atoms with E-state index in [9.17, 15) is 19.2 Å². The van der Waals surface area contributed by atoms with Crippen molar-refractivity contribution in [3.05, 3.63) is 0 Å². The van der Waals surface area contributed by atoms with Gasteiger partial charge in [-0.1, -0.05) is 0 Å². The molecule has 4 aliphatic heterocycles. The topological polar surface area (TPSA) is 136 Å². The summed E-state index contributed by atoms with van der Waals surface area (Å²) in [5, 5.41) is 6.75. The lowest BCUT2D eigenvalue weighted by atomic mass is 9.72. The van der Waals surface area contributed by atoms with Crippen molar-refractivity contribution in [1.82, 2.24) is 20.4 Å². The monoisotopic (exact) mass is 594 g/mol. The number of nitrogens with zero attached hydrogens (tertiary/aromatic N) is 2. The fourth-order valence-electron chi connectivity index (χ4n) is 6.87. The number of carbonyl (C=O) groups is 4. The highest BCUT2D eigenvalue weighted by Gasteiger charge is 2.53. The van der Waals surface area contributed by atoms with Gasteiger partial charge in [0.15, 0.2) is 12.5 Å². The first-order valence-corrected chi connectivity index (χ1v) is 15.5. The molecule has 0 bridgehead atoms. The Morgan fingerprint density at radius 1 is 0.619 bits per heavy atom. The van der Waals surface area contributed by atoms with Crippen LogP contribution in [0.2, 0.25) is 0 Å². The molecule has 0 saturated carbocycles. The van der Waals surface area contributed by atoms with E-state index < -0.39 is 58.6 Å². The second-order valence-corrected chi connectivity index (χ2v) is 14.4. The Balaban J connectivity index is 1.57. The third-order valence-corrected chi connectivity index (χ3v) is 8.63. The maximum atomic E-state index is 13.5. The van der Waals surface area contributed by atoms with Crippen molar-refractivity contribution in [2.24, 2.45) is 10.8 Å². The van der Waals surface area contributed by atoms with Crippen LogP contribution in [0.25, 0.3) is 0 Å². The van der Waals surface area contributed by atoms with Crippen molar-refractivity contribution in [3.8, 4) is 0 Å². The maximum Gasteiger partial charge on any atom is 0.419 e. The summed E-state index contributed by atoms with van der Waals surface area (Å²) in [6.07, 6.45) is 2.91. The van der Waals surface area contributed by atoms with Gasteiger partial charge in [-0.15, -0.1) is 0 Å². The first-order valence-electron chi connectivity index (χ1n) is 15.5. The molecule has 2 N–H and O–H groups in total. The number of ether oxygens (including phenoxy) is 4. The Labute approximate surface area is 249 Å². The fraction of sp³-hybridized carbons (Fsp3) is 0.867. The molecule has 0 radical (unpaired) electrons. The van der Waals surface area contributed by atoms with Crippen molar-refractivity contribution in [1.29, 1.82) is 0 Å². The van der Waals surface area contributed by atoms with Crippen LogP contribution in [0.15, 0.2) is 0 Å². The van der Waals surface area contributed by atoms with Crippen molar-refractivity contribution >= 4 is 24.1 Å². The van der Waals surface area contributed by atoms with Crippen LogP contribution in [0.5, 0.6) is 0 Å². The van der Waals surface area contributed by atoms with Gasteiger partial charge in [0.1, 0.15) is 11.2 Å². The van der Waals surface area contributed by atoms with E-state index in [1.165, 1.54) is 9.80 Å². The molecular weight excluding hydrogens is 544 g/mol. The van der Waals surface area contributed by atoms with Crippen LogP contribution in [-0.2, 0) is 28.5 Å². The molecule has 4 atom stereocenters. The molecule has 4 unspecified atom stereocenters. The Morgan fingerprint density at radius 3 is 1.29 bits per heavy atom. The SMILES string of the molecule is CC(C)(C)OC(=O)N1CCCC2(CCCNC2)C1OC(=O)C(=O)OC1N(C(=O)OC(C)(C)C)CCCC12CCCNC2. The number of nitrogens with one attached hydrogen (secondary N) is 2. The van der Waals surface area contributed by atoms with Gasteiger partial charge in [0, 0.05) is 37.0 Å². The number of likely N-dealkylation sites (tertiary alicyclic amines) is 2. The third-order valence-electron chi connectivity index (χ3n) is 8.63. The second kappa shape index (κ2) is 12.6. The Kier molecular flexibility index (Phi) is 9.66. The van der Waals surface area contributed by atoms with Gasteiger partial charge in [-0.05, 0) is 106 Å². The van der Waals surface area contributed by atoms with Gasteiger partial charge in [-0.3, -0.25) is 9.80 Å². The molecule has 4 rings (SSSR count). The summed E-state index contributed by atoms with van der Waals surface area (Å²) in [5.41, 5.74) is -2.58. The van der Waals surface area contributed by atoms with E-state index >= 15 is 0 Å². The smallest absolute Gasteiger partial charge is 0.419 e.